The number of nitriles is 1. The molecule has 0 heterocycles. The van der Waals surface area contributed by atoms with Crippen LogP contribution in [0.2, 0.25) is 0 Å². The highest BCUT2D eigenvalue weighted by Crippen LogP contribution is 2.24. The number of hydrogen-bond donors (Lipinski definition) is 0. The second kappa shape index (κ2) is 5.37. The Hall–Kier alpha value is -2.27. The highest BCUT2D eigenvalue weighted by molar-refractivity contribution is 5.40. The first kappa shape index (κ1) is 12.2. The lowest BCUT2D eigenvalue weighted by molar-refractivity contribution is 0.482. The minimum Gasteiger partial charge on any atom is -0.457 e. The van der Waals surface area contributed by atoms with Crippen LogP contribution in [0.4, 0.5) is 0 Å². The molecule has 0 fully saturated rings. The van der Waals surface area contributed by atoms with E-state index in [2.05, 4.69) is 26.0 Å². The van der Waals surface area contributed by atoms with Gasteiger partial charge in [-0.3, -0.25) is 0 Å². The molecule has 0 aliphatic carbocycles. The molecule has 90 valence electrons. The first-order valence-corrected chi connectivity index (χ1v) is 6.00. The van der Waals surface area contributed by atoms with Crippen molar-refractivity contribution >= 4 is 0 Å². The summed E-state index contributed by atoms with van der Waals surface area (Å²) in [5.74, 6) is 1.58. The lowest BCUT2D eigenvalue weighted by Crippen LogP contribution is -1.89. The number of nitrogens with zero attached hydrogens (tertiary/aromatic N) is 1. The largest absolute Gasteiger partial charge is 0.457 e. The van der Waals surface area contributed by atoms with Gasteiger partial charge in [-0.15, -0.1) is 0 Å². The maximum absolute atomic E-state index is 8.72. The van der Waals surface area contributed by atoms with Gasteiger partial charge >= 0.3 is 0 Å². The molecule has 0 saturated carbocycles. The van der Waals surface area contributed by atoms with Crippen molar-refractivity contribution in [3.8, 4) is 17.6 Å². The first-order valence-electron chi connectivity index (χ1n) is 6.00. The third kappa shape index (κ3) is 2.70. The summed E-state index contributed by atoms with van der Waals surface area (Å²) in [5, 5.41) is 8.72. The molecule has 2 aromatic rings. The number of ether oxygens (including phenoxy) is 1. The lowest BCUT2D eigenvalue weighted by Gasteiger charge is -2.08. The average Bonchev–Trinajstić information content (AvgIpc) is 2.40. The zero-order chi connectivity index (χ0) is 13.0. The first-order chi connectivity index (χ1) is 8.72. The van der Waals surface area contributed by atoms with Crippen molar-refractivity contribution in [1.82, 2.24) is 0 Å². The highest BCUT2D eigenvalue weighted by Gasteiger charge is 2.01. The molecule has 18 heavy (non-hydrogen) atoms. The summed E-state index contributed by atoms with van der Waals surface area (Å²) in [7, 11) is 0. The fraction of sp³-hybridized carbons (Fsp3) is 0.188. The summed E-state index contributed by atoms with van der Waals surface area (Å²) >= 11 is 0. The van der Waals surface area contributed by atoms with E-state index in [-0.39, 0.29) is 0 Å². The van der Waals surface area contributed by atoms with E-state index in [4.69, 9.17) is 10.00 Å². The monoisotopic (exact) mass is 237 g/mol. The van der Waals surface area contributed by atoms with Crippen LogP contribution in [0, 0.1) is 18.3 Å². The van der Waals surface area contributed by atoms with E-state index in [0.717, 1.165) is 17.9 Å². The zero-order valence-electron chi connectivity index (χ0n) is 10.6. The number of rotatable bonds is 3. The minimum absolute atomic E-state index is 0.639. The minimum atomic E-state index is 0.639. The summed E-state index contributed by atoms with van der Waals surface area (Å²) in [6, 6.07) is 15.3. The zero-order valence-corrected chi connectivity index (χ0v) is 10.6. The van der Waals surface area contributed by atoms with Crippen molar-refractivity contribution in [2.24, 2.45) is 0 Å². The van der Waals surface area contributed by atoms with E-state index in [0.29, 0.717) is 5.56 Å². The van der Waals surface area contributed by atoms with Crippen molar-refractivity contribution in [2.75, 3.05) is 0 Å². The van der Waals surface area contributed by atoms with Gasteiger partial charge in [0.2, 0.25) is 0 Å². The predicted molar refractivity (Wildman–Crippen MR) is 71.8 cm³/mol. The molecule has 0 radical (unpaired) electrons. The molecule has 0 N–H and O–H groups in total. The van der Waals surface area contributed by atoms with Crippen LogP contribution in [0.25, 0.3) is 0 Å². The van der Waals surface area contributed by atoms with Gasteiger partial charge in [-0.25, -0.2) is 0 Å². The SMILES string of the molecule is CCc1ccc(Oc2ccc(C#N)cc2)cc1C. The summed E-state index contributed by atoms with van der Waals surface area (Å²) in [4.78, 5) is 0. The maximum atomic E-state index is 8.72. The predicted octanol–water partition coefficient (Wildman–Crippen LogP) is 4.22. The summed E-state index contributed by atoms with van der Waals surface area (Å²) in [6.07, 6.45) is 1.03. The summed E-state index contributed by atoms with van der Waals surface area (Å²) in [6.45, 7) is 4.23. The van der Waals surface area contributed by atoms with Crippen LogP contribution in [-0.2, 0) is 6.42 Å². The van der Waals surface area contributed by atoms with Gasteiger partial charge in [0, 0.05) is 0 Å². The number of aryl methyl sites for hydroxylation is 2. The van der Waals surface area contributed by atoms with Crippen molar-refractivity contribution in [1.29, 1.82) is 5.26 Å². The third-order valence-corrected chi connectivity index (χ3v) is 2.91. The second-order valence-electron chi connectivity index (χ2n) is 4.18. The molecule has 0 unspecified atom stereocenters. The molecule has 0 saturated heterocycles. The molecule has 0 aromatic heterocycles. The Morgan fingerprint density at radius 1 is 1.06 bits per heavy atom. The van der Waals surface area contributed by atoms with Crippen LogP contribution < -0.4 is 4.74 Å². The van der Waals surface area contributed by atoms with Crippen LogP contribution in [0.1, 0.15) is 23.6 Å². The molecule has 0 aliphatic heterocycles. The Bertz CT molecular complexity index is 579. The molecule has 2 aromatic carbocycles. The van der Waals surface area contributed by atoms with E-state index in [1.807, 2.05) is 24.3 Å². The third-order valence-electron chi connectivity index (χ3n) is 2.91. The Kier molecular flexibility index (Phi) is 3.64. The summed E-state index contributed by atoms with van der Waals surface area (Å²) in [5.41, 5.74) is 3.21. The average molecular weight is 237 g/mol. The Morgan fingerprint density at radius 3 is 2.28 bits per heavy atom. The smallest absolute Gasteiger partial charge is 0.127 e. The molecular formula is C16H15NO. The molecule has 0 bridgehead atoms. The molecule has 2 rings (SSSR count). The molecule has 0 atom stereocenters. The van der Waals surface area contributed by atoms with Gasteiger partial charge in [0.25, 0.3) is 0 Å². The van der Waals surface area contributed by atoms with Gasteiger partial charge in [0.15, 0.2) is 0 Å². The maximum Gasteiger partial charge on any atom is 0.127 e. The van der Waals surface area contributed by atoms with Crippen molar-refractivity contribution in [3.05, 3.63) is 59.2 Å². The van der Waals surface area contributed by atoms with Crippen LogP contribution in [0.3, 0.4) is 0 Å². The molecule has 0 amide bonds. The van der Waals surface area contributed by atoms with Crippen molar-refractivity contribution in [3.63, 3.8) is 0 Å². The van der Waals surface area contributed by atoms with Gasteiger partial charge in [-0.05, 0) is 60.9 Å². The van der Waals surface area contributed by atoms with Gasteiger partial charge in [-0.2, -0.15) is 5.26 Å². The van der Waals surface area contributed by atoms with Gasteiger partial charge in [0.1, 0.15) is 11.5 Å². The Labute approximate surface area is 107 Å². The molecule has 0 aliphatic rings. The van der Waals surface area contributed by atoms with E-state index in [9.17, 15) is 0 Å². The van der Waals surface area contributed by atoms with E-state index < -0.39 is 0 Å². The van der Waals surface area contributed by atoms with Crippen LogP contribution in [-0.4, -0.2) is 0 Å². The van der Waals surface area contributed by atoms with Crippen molar-refractivity contribution < 1.29 is 4.74 Å². The van der Waals surface area contributed by atoms with Gasteiger partial charge in [-0.1, -0.05) is 13.0 Å². The van der Waals surface area contributed by atoms with Crippen LogP contribution in [0.15, 0.2) is 42.5 Å². The van der Waals surface area contributed by atoms with E-state index in [1.165, 1.54) is 11.1 Å². The summed E-state index contributed by atoms with van der Waals surface area (Å²) < 4.78 is 5.75. The molecule has 2 nitrogen and oxygen atoms in total. The topological polar surface area (TPSA) is 33.0 Å². The standard InChI is InChI=1S/C16H15NO/c1-3-14-6-9-16(10-12(14)2)18-15-7-4-13(11-17)5-8-15/h4-10H,3H2,1-2H3. The van der Waals surface area contributed by atoms with Crippen LogP contribution >= 0.6 is 0 Å². The van der Waals surface area contributed by atoms with Gasteiger partial charge in [0.05, 0.1) is 11.6 Å². The van der Waals surface area contributed by atoms with Gasteiger partial charge < -0.3 is 4.74 Å². The molecular weight excluding hydrogens is 222 g/mol. The normalized spacial score (nSPS) is 9.83. The Morgan fingerprint density at radius 2 is 1.72 bits per heavy atom. The fourth-order valence-corrected chi connectivity index (χ4v) is 1.86. The fourth-order valence-electron chi connectivity index (χ4n) is 1.86. The quantitative estimate of drug-likeness (QED) is 0.800. The second-order valence-corrected chi connectivity index (χ2v) is 4.18. The van der Waals surface area contributed by atoms with E-state index >= 15 is 0 Å². The lowest BCUT2D eigenvalue weighted by atomic mass is 10.1. The number of benzene rings is 2. The number of hydrogen-bond acceptors (Lipinski definition) is 2. The van der Waals surface area contributed by atoms with Crippen molar-refractivity contribution in [2.45, 2.75) is 20.3 Å². The van der Waals surface area contributed by atoms with E-state index in [1.54, 1.807) is 12.1 Å². The molecule has 0 spiro atoms. The Balaban J connectivity index is 2.18. The van der Waals surface area contributed by atoms with Crippen LogP contribution in [0.5, 0.6) is 11.5 Å². The highest BCUT2D eigenvalue weighted by atomic mass is 16.5. The molecule has 2 heteroatoms.